The van der Waals surface area contributed by atoms with Crippen LogP contribution in [-0.4, -0.2) is 40.9 Å². The van der Waals surface area contributed by atoms with Crippen molar-refractivity contribution in [1.29, 1.82) is 0 Å². The van der Waals surface area contributed by atoms with Crippen molar-refractivity contribution in [3.63, 3.8) is 0 Å². The predicted molar refractivity (Wildman–Crippen MR) is 43.8 cm³/mol. The second-order valence-electron chi connectivity index (χ2n) is 3.39. The molecule has 1 aliphatic heterocycles. The highest BCUT2D eigenvalue weighted by atomic mass is 16.6. The summed E-state index contributed by atoms with van der Waals surface area (Å²) in [5.41, 5.74) is 0. The van der Waals surface area contributed by atoms with Gasteiger partial charge < -0.3 is 9.84 Å². The lowest BCUT2D eigenvalue weighted by molar-refractivity contribution is 0.0879. The molecule has 0 aromatic heterocycles. The van der Waals surface area contributed by atoms with E-state index in [4.69, 9.17) is 4.74 Å². The number of aliphatic hydroxyl groups excluding tert-OH is 1. The van der Waals surface area contributed by atoms with Gasteiger partial charge >= 0.3 is 6.09 Å². The fourth-order valence-electron chi connectivity index (χ4n) is 1.41. The van der Waals surface area contributed by atoms with Gasteiger partial charge in [0.1, 0.15) is 6.61 Å². The van der Waals surface area contributed by atoms with Crippen molar-refractivity contribution < 1.29 is 14.6 Å². The van der Waals surface area contributed by atoms with Crippen LogP contribution in [0.4, 0.5) is 4.79 Å². The zero-order chi connectivity index (χ0) is 9.30. The molecule has 2 atom stereocenters. The lowest BCUT2D eigenvalue weighted by atomic mass is 10.1. The van der Waals surface area contributed by atoms with E-state index in [9.17, 15) is 9.90 Å². The van der Waals surface area contributed by atoms with Crippen molar-refractivity contribution in [2.45, 2.75) is 39.0 Å². The van der Waals surface area contributed by atoms with Crippen molar-refractivity contribution in [3.05, 3.63) is 0 Å². The standard InChI is InChI=1S/C8H15NO3/c1-5(2)9-7(6(3)10)4-12-8(9)11/h5-7,10H,4H2,1-3H3. The first kappa shape index (κ1) is 9.32. The van der Waals surface area contributed by atoms with E-state index < -0.39 is 6.10 Å². The fraction of sp³-hybridized carbons (Fsp3) is 0.875. The highest BCUT2D eigenvalue weighted by Crippen LogP contribution is 2.18. The summed E-state index contributed by atoms with van der Waals surface area (Å²) in [7, 11) is 0. The molecule has 12 heavy (non-hydrogen) atoms. The van der Waals surface area contributed by atoms with E-state index in [0.717, 1.165) is 0 Å². The van der Waals surface area contributed by atoms with Crippen molar-refractivity contribution in [2.24, 2.45) is 0 Å². The molecular weight excluding hydrogens is 158 g/mol. The normalized spacial score (nSPS) is 26.2. The second kappa shape index (κ2) is 3.31. The summed E-state index contributed by atoms with van der Waals surface area (Å²) >= 11 is 0. The van der Waals surface area contributed by atoms with E-state index in [2.05, 4.69) is 0 Å². The maximum absolute atomic E-state index is 11.1. The van der Waals surface area contributed by atoms with Crippen LogP contribution in [0.3, 0.4) is 0 Å². The van der Waals surface area contributed by atoms with Crippen LogP contribution in [0.1, 0.15) is 20.8 Å². The van der Waals surface area contributed by atoms with Crippen LogP contribution in [0.2, 0.25) is 0 Å². The zero-order valence-electron chi connectivity index (χ0n) is 7.65. The van der Waals surface area contributed by atoms with Crippen LogP contribution in [0.5, 0.6) is 0 Å². The molecule has 1 heterocycles. The summed E-state index contributed by atoms with van der Waals surface area (Å²) < 4.78 is 4.83. The predicted octanol–water partition coefficient (Wildman–Crippen LogP) is 0.596. The molecule has 0 aromatic rings. The molecule has 1 aliphatic rings. The summed E-state index contributed by atoms with van der Waals surface area (Å²) in [6.45, 7) is 5.78. The number of rotatable bonds is 2. The Kier molecular flexibility index (Phi) is 2.57. The number of hydrogen-bond donors (Lipinski definition) is 1. The van der Waals surface area contributed by atoms with Gasteiger partial charge in [-0.15, -0.1) is 0 Å². The lowest BCUT2D eigenvalue weighted by Crippen LogP contribution is -2.44. The van der Waals surface area contributed by atoms with Crippen LogP contribution in [0, 0.1) is 0 Å². The quantitative estimate of drug-likeness (QED) is 0.665. The second-order valence-corrected chi connectivity index (χ2v) is 3.39. The maximum Gasteiger partial charge on any atom is 0.410 e. The number of amides is 1. The molecule has 1 rings (SSSR count). The van der Waals surface area contributed by atoms with E-state index in [-0.39, 0.29) is 18.2 Å². The Bertz CT molecular complexity index is 179. The molecule has 0 saturated carbocycles. The largest absolute Gasteiger partial charge is 0.447 e. The number of ether oxygens (including phenoxy) is 1. The maximum atomic E-state index is 11.1. The van der Waals surface area contributed by atoms with Crippen LogP contribution >= 0.6 is 0 Å². The number of carbonyl (C=O) groups excluding carboxylic acids is 1. The van der Waals surface area contributed by atoms with E-state index in [1.807, 2.05) is 13.8 Å². The third-order valence-electron chi connectivity index (χ3n) is 2.06. The zero-order valence-corrected chi connectivity index (χ0v) is 7.65. The molecule has 70 valence electrons. The first-order chi connectivity index (χ1) is 5.54. The Hall–Kier alpha value is -0.770. The van der Waals surface area contributed by atoms with Gasteiger partial charge in [0.2, 0.25) is 0 Å². The highest BCUT2D eigenvalue weighted by molar-refractivity contribution is 5.70. The molecule has 4 heteroatoms. The van der Waals surface area contributed by atoms with E-state index in [1.165, 1.54) is 0 Å². The number of aliphatic hydroxyl groups is 1. The minimum Gasteiger partial charge on any atom is -0.447 e. The molecule has 1 saturated heterocycles. The summed E-state index contributed by atoms with van der Waals surface area (Å²) in [4.78, 5) is 12.7. The highest BCUT2D eigenvalue weighted by Gasteiger charge is 2.37. The molecule has 0 spiro atoms. The van der Waals surface area contributed by atoms with Crippen molar-refractivity contribution in [2.75, 3.05) is 6.61 Å². The van der Waals surface area contributed by atoms with Gasteiger partial charge in [-0.25, -0.2) is 4.79 Å². The molecule has 1 N–H and O–H groups in total. The number of hydrogen-bond acceptors (Lipinski definition) is 3. The average molecular weight is 173 g/mol. The van der Waals surface area contributed by atoms with Crippen LogP contribution < -0.4 is 0 Å². The van der Waals surface area contributed by atoms with Crippen molar-refractivity contribution in [3.8, 4) is 0 Å². The lowest BCUT2D eigenvalue weighted by Gasteiger charge is -2.26. The summed E-state index contributed by atoms with van der Waals surface area (Å²) in [6, 6.07) is -0.0999. The molecular formula is C8H15NO3. The molecule has 0 radical (unpaired) electrons. The van der Waals surface area contributed by atoms with E-state index >= 15 is 0 Å². The van der Waals surface area contributed by atoms with Crippen LogP contribution in [0.25, 0.3) is 0 Å². The number of nitrogens with zero attached hydrogens (tertiary/aromatic N) is 1. The van der Waals surface area contributed by atoms with Crippen molar-refractivity contribution >= 4 is 6.09 Å². The fourth-order valence-corrected chi connectivity index (χ4v) is 1.41. The van der Waals surface area contributed by atoms with Gasteiger partial charge in [-0.3, -0.25) is 4.90 Å². The monoisotopic (exact) mass is 173 g/mol. The van der Waals surface area contributed by atoms with Gasteiger partial charge in [-0.05, 0) is 20.8 Å². The Morgan fingerprint density at radius 2 is 2.17 bits per heavy atom. The van der Waals surface area contributed by atoms with Crippen LogP contribution in [-0.2, 0) is 4.74 Å². The van der Waals surface area contributed by atoms with Gasteiger partial charge in [0, 0.05) is 6.04 Å². The first-order valence-corrected chi connectivity index (χ1v) is 4.17. The number of cyclic esters (lactones) is 1. The first-order valence-electron chi connectivity index (χ1n) is 4.17. The molecule has 0 aliphatic carbocycles. The minimum atomic E-state index is -0.529. The SMILES string of the molecule is CC(O)C1COC(=O)N1C(C)C. The number of carbonyl (C=O) groups is 1. The summed E-state index contributed by atoms with van der Waals surface area (Å²) in [6.07, 6.45) is -0.852. The average Bonchev–Trinajstić information content (AvgIpc) is 2.30. The third kappa shape index (κ3) is 1.53. The molecule has 2 unspecified atom stereocenters. The molecule has 0 bridgehead atoms. The molecule has 1 fully saturated rings. The Balaban J connectivity index is 2.70. The van der Waals surface area contributed by atoms with E-state index in [1.54, 1.807) is 11.8 Å². The Morgan fingerprint density at radius 3 is 2.50 bits per heavy atom. The van der Waals surface area contributed by atoms with Crippen molar-refractivity contribution in [1.82, 2.24) is 4.90 Å². The third-order valence-corrected chi connectivity index (χ3v) is 2.06. The topological polar surface area (TPSA) is 49.8 Å². The van der Waals surface area contributed by atoms with Gasteiger partial charge in [0.15, 0.2) is 0 Å². The molecule has 0 aromatic carbocycles. The minimum absolute atomic E-state index is 0.0830. The Labute approximate surface area is 72.1 Å². The smallest absolute Gasteiger partial charge is 0.410 e. The van der Waals surface area contributed by atoms with Crippen LogP contribution in [0.15, 0.2) is 0 Å². The summed E-state index contributed by atoms with van der Waals surface area (Å²) in [5, 5.41) is 9.32. The van der Waals surface area contributed by atoms with E-state index in [0.29, 0.717) is 6.61 Å². The molecule has 4 nitrogen and oxygen atoms in total. The van der Waals surface area contributed by atoms with Gasteiger partial charge in [-0.2, -0.15) is 0 Å². The summed E-state index contributed by atoms with van der Waals surface area (Å²) in [5.74, 6) is 0. The van der Waals surface area contributed by atoms with Gasteiger partial charge in [0.05, 0.1) is 12.1 Å². The Morgan fingerprint density at radius 1 is 1.58 bits per heavy atom. The van der Waals surface area contributed by atoms with Gasteiger partial charge in [-0.1, -0.05) is 0 Å². The molecule has 1 amide bonds. The van der Waals surface area contributed by atoms with Gasteiger partial charge in [0.25, 0.3) is 0 Å².